The van der Waals surface area contributed by atoms with Crippen molar-refractivity contribution in [3.8, 4) is 5.75 Å². The second-order valence-corrected chi connectivity index (χ2v) is 4.04. The molecule has 0 aromatic heterocycles. The Morgan fingerprint density at radius 3 is 2.45 bits per heavy atom. The highest BCUT2D eigenvalue weighted by atomic mass is 16.5. The fraction of sp³-hybridized carbons (Fsp3) is 0.333. The third kappa shape index (κ3) is 5.24. The summed E-state index contributed by atoms with van der Waals surface area (Å²) in [5, 5.41) is 9.91. The molecule has 1 rings (SSSR count). The van der Waals surface area contributed by atoms with Crippen molar-refractivity contribution in [2.45, 2.75) is 19.4 Å². The number of ketones is 1. The van der Waals surface area contributed by atoms with Gasteiger partial charge in [0.1, 0.15) is 5.75 Å². The van der Waals surface area contributed by atoms with E-state index in [9.17, 15) is 14.7 Å². The normalized spacial score (nSPS) is 12.2. The van der Waals surface area contributed by atoms with Crippen LogP contribution in [0.5, 0.6) is 5.75 Å². The third-order valence-electron chi connectivity index (χ3n) is 2.59. The number of allylic oxidation sites excluding steroid dienone is 1. The number of carbonyl (C=O) groups excluding carboxylic acids is 2. The zero-order chi connectivity index (χ0) is 15.0. The summed E-state index contributed by atoms with van der Waals surface area (Å²) in [4.78, 5) is 22.6. The van der Waals surface area contributed by atoms with Gasteiger partial charge >= 0.3 is 5.97 Å². The smallest absolute Gasteiger partial charge is 0.330 e. The second kappa shape index (κ2) is 8.12. The number of carbonyl (C=O) groups is 2. The standard InChI is InChI=1S/C15H18O5/c1-3-20-15(18)9-6-12(16)10-14(17)11-4-7-13(19-2)8-5-11/h4-9,14,17H,3,10H2,1-2H3/b9-6+. The van der Waals surface area contributed by atoms with Gasteiger partial charge in [-0.3, -0.25) is 4.79 Å². The molecule has 0 aliphatic carbocycles. The zero-order valence-electron chi connectivity index (χ0n) is 11.5. The number of aliphatic hydroxyl groups excluding tert-OH is 1. The summed E-state index contributed by atoms with van der Waals surface area (Å²) in [5.74, 6) is -0.240. The van der Waals surface area contributed by atoms with Crippen molar-refractivity contribution in [3.63, 3.8) is 0 Å². The van der Waals surface area contributed by atoms with Crippen LogP contribution in [0.1, 0.15) is 25.0 Å². The Morgan fingerprint density at radius 1 is 1.25 bits per heavy atom. The first-order valence-electron chi connectivity index (χ1n) is 6.26. The van der Waals surface area contributed by atoms with Gasteiger partial charge < -0.3 is 14.6 Å². The summed E-state index contributed by atoms with van der Waals surface area (Å²) < 4.78 is 9.66. The maximum atomic E-state index is 11.6. The van der Waals surface area contributed by atoms with E-state index in [2.05, 4.69) is 4.74 Å². The average Bonchev–Trinajstić information content (AvgIpc) is 2.45. The minimum atomic E-state index is -0.916. The number of rotatable bonds is 7. The van der Waals surface area contributed by atoms with Gasteiger partial charge in [-0.05, 0) is 30.7 Å². The van der Waals surface area contributed by atoms with Crippen LogP contribution in [0.15, 0.2) is 36.4 Å². The van der Waals surface area contributed by atoms with Crippen molar-refractivity contribution >= 4 is 11.8 Å². The molecule has 0 heterocycles. The molecule has 5 nitrogen and oxygen atoms in total. The topological polar surface area (TPSA) is 72.8 Å². The Morgan fingerprint density at radius 2 is 1.90 bits per heavy atom. The number of hydrogen-bond donors (Lipinski definition) is 1. The Bertz CT molecular complexity index is 476. The van der Waals surface area contributed by atoms with E-state index < -0.39 is 12.1 Å². The molecule has 1 atom stereocenters. The maximum absolute atomic E-state index is 11.6. The number of aliphatic hydroxyl groups is 1. The van der Waals surface area contributed by atoms with Gasteiger partial charge in [0.15, 0.2) is 5.78 Å². The molecule has 0 spiro atoms. The second-order valence-electron chi connectivity index (χ2n) is 4.04. The number of esters is 1. The van der Waals surface area contributed by atoms with Gasteiger partial charge in [-0.25, -0.2) is 4.79 Å². The highest BCUT2D eigenvalue weighted by molar-refractivity contribution is 5.96. The number of hydrogen-bond acceptors (Lipinski definition) is 5. The number of ether oxygens (including phenoxy) is 2. The van der Waals surface area contributed by atoms with E-state index in [1.165, 1.54) is 0 Å². The molecule has 0 fully saturated rings. The molecule has 0 radical (unpaired) electrons. The first kappa shape index (κ1) is 15.9. The van der Waals surface area contributed by atoms with Gasteiger partial charge in [-0.15, -0.1) is 0 Å². The van der Waals surface area contributed by atoms with Crippen molar-refractivity contribution < 1.29 is 24.2 Å². The predicted molar refractivity (Wildman–Crippen MR) is 73.4 cm³/mol. The fourth-order valence-corrected chi connectivity index (χ4v) is 1.55. The molecule has 0 bridgehead atoms. The minimum Gasteiger partial charge on any atom is -0.497 e. The number of methoxy groups -OCH3 is 1. The molecule has 1 unspecified atom stereocenters. The van der Waals surface area contributed by atoms with Gasteiger partial charge in [0, 0.05) is 12.5 Å². The Hall–Kier alpha value is -2.14. The zero-order valence-corrected chi connectivity index (χ0v) is 11.5. The number of benzene rings is 1. The molecular formula is C15H18O5. The Labute approximate surface area is 117 Å². The monoisotopic (exact) mass is 278 g/mol. The largest absolute Gasteiger partial charge is 0.497 e. The van der Waals surface area contributed by atoms with E-state index in [-0.39, 0.29) is 18.8 Å². The van der Waals surface area contributed by atoms with Crippen LogP contribution in [0.2, 0.25) is 0 Å². The highest BCUT2D eigenvalue weighted by Gasteiger charge is 2.11. The average molecular weight is 278 g/mol. The molecular weight excluding hydrogens is 260 g/mol. The Kier molecular flexibility index (Phi) is 6.46. The van der Waals surface area contributed by atoms with E-state index in [1.54, 1.807) is 38.3 Å². The lowest BCUT2D eigenvalue weighted by Gasteiger charge is -2.09. The Balaban J connectivity index is 2.54. The van der Waals surface area contributed by atoms with Gasteiger partial charge in [-0.2, -0.15) is 0 Å². The van der Waals surface area contributed by atoms with E-state index in [4.69, 9.17) is 4.74 Å². The van der Waals surface area contributed by atoms with Crippen LogP contribution in [-0.4, -0.2) is 30.6 Å². The van der Waals surface area contributed by atoms with Gasteiger partial charge in [0.2, 0.25) is 0 Å². The van der Waals surface area contributed by atoms with Gasteiger partial charge in [-0.1, -0.05) is 12.1 Å². The van der Waals surface area contributed by atoms with Crippen LogP contribution >= 0.6 is 0 Å². The lowest BCUT2D eigenvalue weighted by Crippen LogP contribution is -2.06. The van der Waals surface area contributed by atoms with Gasteiger partial charge in [0.05, 0.1) is 19.8 Å². The molecule has 0 aliphatic rings. The molecule has 1 aromatic rings. The van der Waals surface area contributed by atoms with Crippen LogP contribution in [0.4, 0.5) is 0 Å². The molecule has 0 amide bonds. The molecule has 5 heteroatoms. The first-order chi connectivity index (χ1) is 9.56. The molecule has 108 valence electrons. The summed E-state index contributed by atoms with van der Waals surface area (Å²) in [6.07, 6.45) is 1.17. The van der Waals surface area contributed by atoms with Crippen molar-refractivity contribution in [2.75, 3.05) is 13.7 Å². The summed E-state index contributed by atoms with van der Waals surface area (Å²) in [6, 6.07) is 6.78. The lowest BCUT2D eigenvalue weighted by molar-refractivity contribution is -0.137. The van der Waals surface area contributed by atoms with Crippen LogP contribution in [0.25, 0.3) is 0 Å². The van der Waals surface area contributed by atoms with Crippen LogP contribution in [0, 0.1) is 0 Å². The predicted octanol–water partition coefficient (Wildman–Crippen LogP) is 1.81. The maximum Gasteiger partial charge on any atom is 0.330 e. The van der Waals surface area contributed by atoms with E-state index in [1.807, 2.05) is 0 Å². The quantitative estimate of drug-likeness (QED) is 0.608. The summed E-state index contributed by atoms with van der Waals surface area (Å²) >= 11 is 0. The summed E-state index contributed by atoms with van der Waals surface area (Å²) in [5.41, 5.74) is 0.615. The lowest BCUT2D eigenvalue weighted by atomic mass is 10.0. The molecule has 0 saturated heterocycles. The van der Waals surface area contributed by atoms with Crippen molar-refractivity contribution in [1.29, 1.82) is 0 Å². The van der Waals surface area contributed by atoms with Crippen molar-refractivity contribution in [3.05, 3.63) is 42.0 Å². The summed E-state index contributed by atoms with van der Waals surface area (Å²) in [7, 11) is 1.55. The molecule has 20 heavy (non-hydrogen) atoms. The SMILES string of the molecule is CCOC(=O)/C=C/C(=O)CC(O)c1ccc(OC)cc1. The summed E-state index contributed by atoms with van der Waals surface area (Å²) in [6.45, 7) is 1.94. The van der Waals surface area contributed by atoms with Crippen molar-refractivity contribution in [1.82, 2.24) is 0 Å². The van der Waals surface area contributed by atoms with E-state index in [0.29, 0.717) is 11.3 Å². The van der Waals surface area contributed by atoms with E-state index in [0.717, 1.165) is 12.2 Å². The minimum absolute atomic E-state index is 0.0950. The van der Waals surface area contributed by atoms with Crippen LogP contribution < -0.4 is 4.74 Å². The molecule has 0 saturated carbocycles. The van der Waals surface area contributed by atoms with Crippen LogP contribution in [-0.2, 0) is 14.3 Å². The third-order valence-corrected chi connectivity index (χ3v) is 2.59. The van der Waals surface area contributed by atoms with Crippen molar-refractivity contribution in [2.24, 2.45) is 0 Å². The highest BCUT2D eigenvalue weighted by Crippen LogP contribution is 2.20. The fourth-order valence-electron chi connectivity index (χ4n) is 1.55. The van der Waals surface area contributed by atoms with E-state index >= 15 is 0 Å². The molecule has 1 aromatic carbocycles. The van der Waals surface area contributed by atoms with Gasteiger partial charge in [0.25, 0.3) is 0 Å². The molecule has 1 N–H and O–H groups in total. The van der Waals surface area contributed by atoms with Crippen LogP contribution in [0.3, 0.4) is 0 Å². The first-order valence-corrected chi connectivity index (χ1v) is 6.26. The molecule has 0 aliphatic heterocycles.